The lowest BCUT2D eigenvalue weighted by Gasteiger charge is -2.32. The van der Waals surface area contributed by atoms with Crippen LogP contribution in [0.5, 0.6) is 0 Å². The fourth-order valence-corrected chi connectivity index (χ4v) is 14.4. The molecule has 13 atom stereocenters. The number of nitrogens with zero attached hydrogens (tertiary/aromatic N) is 1. The van der Waals surface area contributed by atoms with Crippen LogP contribution in [0, 0.1) is 23.7 Å². The zero-order valence-electron chi connectivity index (χ0n) is 55.1. The fourth-order valence-electron chi connectivity index (χ4n) is 14.4. The van der Waals surface area contributed by atoms with E-state index in [-0.39, 0.29) is 109 Å². The Morgan fingerprint density at radius 1 is 0.400 bits per heavy atom. The molecule has 1 heterocycles. The number of likely N-dealkylation sites (tertiary alicyclic amines) is 1. The van der Waals surface area contributed by atoms with E-state index in [1.807, 2.05) is 135 Å². The first-order valence-corrected chi connectivity index (χ1v) is 34.0. The molecule has 22 nitrogen and oxygen atoms in total. The summed E-state index contributed by atoms with van der Waals surface area (Å²) in [6, 6.07) is 32.3. The third kappa shape index (κ3) is 20.8. The number of carbonyl (C=O) groups excluding carboxylic acids is 11. The third-order valence-electron chi connectivity index (χ3n) is 19.4. The quantitative estimate of drug-likeness (QED) is 0.0387. The average Bonchev–Trinajstić information content (AvgIpc) is 1.74. The molecule has 0 spiro atoms. The number of hydrogen-bond acceptors (Lipinski definition) is 11. The molecule has 10 N–H and O–H groups in total. The van der Waals surface area contributed by atoms with Gasteiger partial charge < -0.3 is 58.1 Å². The Bertz CT molecular complexity index is 3340. The molecule has 11 amide bonds. The topological polar surface area (TPSA) is 311 Å². The molecule has 5 fully saturated rings. The van der Waals surface area contributed by atoms with Crippen molar-refractivity contribution in [3.63, 3.8) is 0 Å². The lowest BCUT2D eigenvalue weighted by molar-refractivity contribution is -0.142. The van der Waals surface area contributed by atoms with Gasteiger partial charge in [0.2, 0.25) is 65.0 Å². The van der Waals surface area contributed by atoms with Crippen LogP contribution in [0.15, 0.2) is 121 Å². The van der Waals surface area contributed by atoms with Crippen LogP contribution < -0.4 is 53.2 Å². The highest BCUT2D eigenvalue weighted by molar-refractivity contribution is 5.93. The SMILES string of the molecule is CC(=O)N[C@@H](Cc1ccccc1)C(=O)N[C@H]1CC[C@H](C(=O)N[C@@H](Cc2ccccc2)C(=O)N[C@H]2CC[C@H](C(=O)NCC(C)(C)NC(=O)[C@H]3CCCN3C(=O)[C@H]3CC[C@H](NC(=O)[C@H](Cc4ccccc4)NC(=O)[C@H]4CC[C@H](NC(=O)[C@H](Cc5ccccc5)NC(C)=O)C4)C3)C2)C1. The van der Waals surface area contributed by atoms with Crippen molar-refractivity contribution in [2.24, 2.45) is 23.7 Å². The second-order valence-electron chi connectivity index (χ2n) is 27.5. The van der Waals surface area contributed by atoms with Gasteiger partial charge in [-0.05, 0) is 126 Å². The summed E-state index contributed by atoms with van der Waals surface area (Å²) in [7, 11) is 0. The van der Waals surface area contributed by atoms with E-state index < -0.39 is 59.4 Å². The van der Waals surface area contributed by atoms with E-state index >= 15 is 0 Å². The lowest BCUT2D eigenvalue weighted by atomic mass is 10.0. The van der Waals surface area contributed by atoms with E-state index in [0.717, 1.165) is 22.3 Å². The molecule has 0 radical (unpaired) electrons. The van der Waals surface area contributed by atoms with Crippen LogP contribution in [-0.2, 0) is 78.4 Å². The highest BCUT2D eigenvalue weighted by Gasteiger charge is 2.43. The number of hydrogen-bond donors (Lipinski definition) is 10. The van der Waals surface area contributed by atoms with Crippen molar-refractivity contribution in [2.45, 2.75) is 203 Å². The van der Waals surface area contributed by atoms with Crippen LogP contribution in [0.2, 0.25) is 0 Å². The Balaban J connectivity index is 0.711. The van der Waals surface area contributed by atoms with E-state index in [2.05, 4.69) is 53.2 Å². The predicted octanol–water partition coefficient (Wildman–Crippen LogP) is 4.08. The Morgan fingerprint density at radius 3 is 1.06 bits per heavy atom. The summed E-state index contributed by atoms with van der Waals surface area (Å²) < 4.78 is 0. The normalized spacial score (nSPS) is 23.5. The highest BCUT2D eigenvalue weighted by Crippen LogP contribution is 2.33. The molecule has 4 saturated carbocycles. The highest BCUT2D eigenvalue weighted by atomic mass is 16.2. The molecule has 4 aromatic rings. The van der Waals surface area contributed by atoms with Gasteiger partial charge >= 0.3 is 0 Å². The Labute approximate surface area is 556 Å². The molecule has 508 valence electrons. The van der Waals surface area contributed by atoms with Crippen molar-refractivity contribution in [3.8, 4) is 0 Å². The van der Waals surface area contributed by atoms with Gasteiger partial charge in [0.05, 0.1) is 5.54 Å². The van der Waals surface area contributed by atoms with Crippen LogP contribution in [0.25, 0.3) is 0 Å². The van der Waals surface area contributed by atoms with E-state index in [4.69, 9.17) is 0 Å². The summed E-state index contributed by atoms with van der Waals surface area (Å²) in [4.78, 5) is 151. The van der Waals surface area contributed by atoms with Gasteiger partial charge in [0.15, 0.2) is 0 Å². The zero-order chi connectivity index (χ0) is 67.6. The average molecular weight is 1300 g/mol. The predicted molar refractivity (Wildman–Crippen MR) is 357 cm³/mol. The zero-order valence-corrected chi connectivity index (χ0v) is 55.1. The number of rotatable bonds is 28. The van der Waals surface area contributed by atoms with Crippen molar-refractivity contribution in [3.05, 3.63) is 144 Å². The van der Waals surface area contributed by atoms with Gasteiger partial charge in [0, 0.05) is 100 Å². The lowest BCUT2D eigenvalue weighted by Crippen LogP contribution is -2.57. The minimum absolute atomic E-state index is 0.110. The summed E-state index contributed by atoms with van der Waals surface area (Å²) in [5.41, 5.74) is 2.61. The smallest absolute Gasteiger partial charge is 0.243 e. The summed E-state index contributed by atoms with van der Waals surface area (Å²) in [5.74, 6) is -5.04. The van der Waals surface area contributed by atoms with E-state index in [1.165, 1.54) is 13.8 Å². The number of carbonyl (C=O) groups is 11. The van der Waals surface area contributed by atoms with Crippen LogP contribution in [0.3, 0.4) is 0 Å². The molecule has 0 bridgehead atoms. The monoisotopic (exact) mass is 1300 g/mol. The first-order chi connectivity index (χ1) is 45.6. The van der Waals surface area contributed by atoms with Crippen LogP contribution in [-0.4, -0.2) is 143 Å². The van der Waals surface area contributed by atoms with Gasteiger partial charge in [-0.15, -0.1) is 0 Å². The molecule has 95 heavy (non-hydrogen) atoms. The summed E-state index contributed by atoms with van der Waals surface area (Å²) in [5, 5.41) is 30.0. The van der Waals surface area contributed by atoms with Gasteiger partial charge in [-0.25, -0.2) is 0 Å². The van der Waals surface area contributed by atoms with E-state index in [9.17, 15) is 52.7 Å². The molecular formula is C73H95N11O11. The molecule has 9 rings (SSSR count). The van der Waals surface area contributed by atoms with Crippen molar-refractivity contribution in [1.29, 1.82) is 0 Å². The first kappa shape index (κ1) is 70.4. The van der Waals surface area contributed by atoms with Gasteiger partial charge in [0.25, 0.3) is 0 Å². The maximum atomic E-state index is 14.3. The fraction of sp³-hybridized carbons (Fsp3) is 0.521. The first-order valence-electron chi connectivity index (χ1n) is 34.0. The van der Waals surface area contributed by atoms with Crippen molar-refractivity contribution in [2.75, 3.05) is 13.1 Å². The third-order valence-corrected chi connectivity index (χ3v) is 19.4. The molecular weight excluding hydrogens is 1210 g/mol. The van der Waals surface area contributed by atoms with Crippen molar-refractivity contribution >= 4 is 65.0 Å². The Hall–Kier alpha value is -8.95. The van der Waals surface area contributed by atoms with Crippen LogP contribution in [0.4, 0.5) is 0 Å². The Morgan fingerprint density at radius 2 is 0.716 bits per heavy atom. The van der Waals surface area contributed by atoms with Gasteiger partial charge in [-0.1, -0.05) is 121 Å². The minimum atomic E-state index is -0.912. The molecule has 4 aromatic carbocycles. The number of nitrogens with one attached hydrogen (secondary N) is 10. The Kier molecular flexibility index (Phi) is 24.8. The van der Waals surface area contributed by atoms with Crippen molar-refractivity contribution < 1.29 is 52.7 Å². The largest absolute Gasteiger partial charge is 0.354 e. The molecule has 1 saturated heterocycles. The molecule has 5 aliphatic rings. The minimum Gasteiger partial charge on any atom is -0.354 e. The summed E-state index contributed by atoms with van der Waals surface area (Å²) >= 11 is 0. The van der Waals surface area contributed by atoms with Gasteiger partial charge in [-0.3, -0.25) is 52.7 Å². The summed E-state index contributed by atoms with van der Waals surface area (Å²) in [6.45, 7) is 6.87. The molecule has 0 unspecified atom stereocenters. The van der Waals surface area contributed by atoms with Crippen LogP contribution >= 0.6 is 0 Å². The molecule has 22 heteroatoms. The van der Waals surface area contributed by atoms with Crippen LogP contribution in [0.1, 0.15) is 140 Å². The second kappa shape index (κ2) is 33.4. The standard InChI is InChI=1S/C73H95N11O11/c1-45(85)75-59(36-47-18-9-5-10-19-47)67(90)77-56-32-28-52(41-56)65(88)81-61(38-49-22-13-7-14-23-49)69(92)79-55-31-27-51(40-55)64(87)74-44-73(3,4)83-71(94)63-26-17-35-84(63)72(95)54-30-34-58(43-54)80-70(93)62(39-50-24-15-8-16-25-50)82-66(89)53-29-33-57(42-53)78-68(91)60(76-46(2)86)37-48-20-11-6-12-21-48/h5-16,18-25,51-63H,17,26-44H2,1-4H3,(H,74,87)(H,75,85)(H,76,86)(H,77,90)(H,78,91)(H,79,92)(H,80,93)(H,81,88)(H,82,89)(H,83,94)/t51-,52-,53-,54-,55-,56-,57-,58-,59-,60-,61-,62-,63+/m0/s1. The summed E-state index contributed by atoms with van der Waals surface area (Å²) in [6.07, 6.45) is 7.93. The maximum absolute atomic E-state index is 14.3. The molecule has 0 aromatic heterocycles. The van der Waals surface area contributed by atoms with Gasteiger partial charge in [-0.2, -0.15) is 0 Å². The van der Waals surface area contributed by atoms with E-state index in [1.54, 1.807) is 4.90 Å². The molecule has 1 aliphatic heterocycles. The second-order valence-corrected chi connectivity index (χ2v) is 27.5. The maximum Gasteiger partial charge on any atom is 0.243 e. The van der Waals surface area contributed by atoms with E-state index in [0.29, 0.717) is 109 Å². The number of benzene rings is 4. The molecule has 4 aliphatic carbocycles. The van der Waals surface area contributed by atoms with Crippen molar-refractivity contribution in [1.82, 2.24) is 58.1 Å². The van der Waals surface area contributed by atoms with Gasteiger partial charge in [0.1, 0.15) is 30.2 Å². The number of amides is 11.